The number of ether oxygens (including phenoxy) is 1. The van der Waals surface area contributed by atoms with E-state index in [1.165, 1.54) is 24.8 Å². The summed E-state index contributed by atoms with van der Waals surface area (Å²) in [5.74, 6) is 1.37. The highest BCUT2D eigenvalue weighted by Crippen LogP contribution is 2.33. The molecule has 1 saturated carbocycles. The van der Waals surface area contributed by atoms with E-state index in [2.05, 4.69) is 27.3 Å². The van der Waals surface area contributed by atoms with Crippen LogP contribution in [0.1, 0.15) is 37.7 Å². The zero-order chi connectivity index (χ0) is 16.4. The number of amides is 1. The minimum Gasteiger partial charge on any atom is -0.376 e. The molecule has 5 heteroatoms. The van der Waals surface area contributed by atoms with Crippen LogP contribution >= 0.6 is 0 Å². The fourth-order valence-electron chi connectivity index (χ4n) is 4.15. The first-order valence-corrected chi connectivity index (χ1v) is 9.30. The van der Waals surface area contributed by atoms with E-state index in [0.29, 0.717) is 18.3 Å². The maximum Gasteiger partial charge on any atom is 0.220 e. The van der Waals surface area contributed by atoms with Gasteiger partial charge >= 0.3 is 0 Å². The maximum atomic E-state index is 12.3. The third kappa shape index (κ3) is 3.95. The lowest BCUT2D eigenvalue weighted by Gasteiger charge is -2.46. The molecule has 4 rings (SSSR count). The molecule has 1 aromatic heterocycles. The van der Waals surface area contributed by atoms with Gasteiger partial charge in [-0.2, -0.15) is 0 Å². The average molecular weight is 329 g/mol. The molecule has 3 heterocycles. The molecule has 1 aliphatic carbocycles. The minimum atomic E-state index is 0.122. The number of carbonyl (C=O) groups excluding carboxylic acids is 1. The van der Waals surface area contributed by atoms with Gasteiger partial charge in [0.2, 0.25) is 5.91 Å². The van der Waals surface area contributed by atoms with Gasteiger partial charge in [0.05, 0.1) is 12.1 Å². The summed E-state index contributed by atoms with van der Waals surface area (Å²) < 4.78 is 6.06. The van der Waals surface area contributed by atoms with E-state index in [1.54, 1.807) is 0 Å². The van der Waals surface area contributed by atoms with Crippen LogP contribution in [0.15, 0.2) is 24.5 Å². The first kappa shape index (κ1) is 16.0. The number of aromatic nitrogens is 1. The van der Waals surface area contributed by atoms with E-state index >= 15 is 0 Å². The smallest absolute Gasteiger partial charge is 0.220 e. The van der Waals surface area contributed by atoms with Crippen LogP contribution in [0.2, 0.25) is 0 Å². The van der Waals surface area contributed by atoms with Crippen LogP contribution in [0.25, 0.3) is 0 Å². The lowest BCUT2D eigenvalue weighted by molar-refractivity contribution is -0.128. The zero-order valence-corrected chi connectivity index (χ0v) is 14.2. The number of nitrogens with one attached hydrogen (secondary N) is 1. The van der Waals surface area contributed by atoms with Gasteiger partial charge in [-0.1, -0.05) is 0 Å². The van der Waals surface area contributed by atoms with Crippen molar-refractivity contribution in [3.63, 3.8) is 0 Å². The van der Waals surface area contributed by atoms with E-state index in [4.69, 9.17) is 4.74 Å². The van der Waals surface area contributed by atoms with Crippen molar-refractivity contribution in [2.75, 3.05) is 19.7 Å². The maximum absolute atomic E-state index is 12.3. The molecular formula is C19H27N3O2. The quantitative estimate of drug-likeness (QED) is 0.897. The first-order valence-electron chi connectivity index (χ1n) is 9.30. The van der Waals surface area contributed by atoms with Crippen molar-refractivity contribution in [3.05, 3.63) is 30.1 Å². The van der Waals surface area contributed by atoms with Crippen molar-refractivity contribution < 1.29 is 9.53 Å². The Hall–Kier alpha value is -1.46. The number of rotatable bonds is 5. The number of fused-ring (bicyclic) bond motifs is 1. The monoisotopic (exact) mass is 329 g/mol. The van der Waals surface area contributed by atoms with Gasteiger partial charge in [-0.3, -0.25) is 14.7 Å². The van der Waals surface area contributed by atoms with Crippen LogP contribution in [0.3, 0.4) is 0 Å². The molecular weight excluding hydrogens is 302 g/mol. The van der Waals surface area contributed by atoms with Crippen molar-refractivity contribution in [1.29, 1.82) is 0 Å². The van der Waals surface area contributed by atoms with Gasteiger partial charge in [0.15, 0.2) is 0 Å². The van der Waals surface area contributed by atoms with Crippen LogP contribution < -0.4 is 5.32 Å². The Kier molecular flexibility index (Phi) is 4.81. The number of piperidine rings is 1. The van der Waals surface area contributed by atoms with Crippen molar-refractivity contribution >= 4 is 5.91 Å². The molecule has 3 fully saturated rings. The Morgan fingerprint density at radius 3 is 2.88 bits per heavy atom. The summed E-state index contributed by atoms with van der Waals surface area (Å²) >= 11 is 0. The molecule has 0 radical (unpaired) electrons. The van der Waals surface area contributed by atoms with E-state index in [9.17, 15) is 4.79 Å². The second-order valence-electron chi connectivity index (χ2n) is 7.61. The second kappa shape index (κ2) is 7.19. The molecule has 3 atom stereocenters. The molecule has 5 nitrogen and oxygen atoms in total. The molecule has 0 aromatic carbocycles. The average Bonchev–Trinajstić information content (AvgIpc) is 3.39. The number of carbonyl (C=O) groups is 1. The third-order valence-electron chi connectivity index (χ3n) is 5.51. The van der Waals surface area contributed by atoms with E-state index in [0.717, 1.165) is 32.7 Å². The van der Waals surface area contributed by atoms with Gasteiger partial charge < -0.3 is 10.1 Å². The van der Waals surface area contributed by atoms with Gasteiger partial charge in [0.25, 0.3) is 0 Å². The van der Waals surface area contributed by atoms with E-state index in [-0.39, 0.29) is 18.1 Å². The highest BCUT2D eigenvalue weighted by molar-refractivity contribution is 5.77. The van der Waals surface area contributed by atoms with E-state index in [1.807, 2.05) is 12.4 Å². The molecule has 2 saturated heterocycles. The molecule has 2 aliphatic heterocycles. The fraction of sp³-hybridized carbons (Fsp3) is 0.684. The largest absolute Gasteiger partial charge is 0.376 e. The molecule has 1 amide bonds. The number of likely N-dealkylation sites (tertiary alicyclic amines) is 1. The van der Waals surface area contributed by atoms with Crippen LogP contribution in [0, 0.1) is 11.8 Å². The normalized spacial score (nSPS) is 30.6. The second-order valence-corrected chi connectivity index (χ2v) is 7.61. The number of pyridine rings is 1. The summed E-state index contributed by atoms with van der Waals surface area (Å²) in [6.07, 6.45) is 9.35. The molecule has 130 valence electrons. The topological polar surface area (TPSA) is 54.5 Å². The van der Waals surface area contributed by atoms with Crippen LogP contribution in [-0.2, 0) is 16.1 Å². The number of hydrogen-bond donors (Lipinski definition) is 1. The van der Waals surface area contributed by atoms with Gasteiger partial charge in [-0.05, 0) is 55.2 Å². The van der Waals surface area contributed by atoms with Crippen LogP contribution in [0.4, 0.5) is 0 Å². The Bertz CT molecular complexity index is 561. The van der Waals surface area contributed by atoms with Gasteiger partial charge in [0, 0.05) is 45.1 Å². The van der Waals surface area contributed by atoms with Gasteiger partial charge in [-0.15, -0.1) is 0 Å². The fourth-order valence-corrected chi connectivity index (χ4v) is 4.15. The van der Waals surface area contributed by atoms with Crippen molar-refractivity contribution in [2.45, 2.75) is 50.8 Å². The third-order valence-corrected chi connectivity index (χ3v) is 5.51. The highest BCUT2D eigenvalue weighted by Gasteiger charge is 2.40. The first-order chi connectivity index (χ1) is 11.8. The molecule has 3 aliphatic rings. The Balaban J connectivity index is 1.41. The number of nitrogens with zero attached hydrogens (tertiary/aromatic N) is 2. The molecule has 1 N–H and O–H groups in total. The van der Waals surface area contributed by atoms with Crippen LogP contribution in [-0.4, -0.2) is 47.6 Å². The summed E-state index contributed by atoms with van der Waals surface area (Å²) in [6, 6.07) is 4.27. The molecule has 1 aromatic rings. The summed E-state index contributed by atoms with van der Waals surface area (Å²) in [6.45, 7) is 3.68. The van der Waals surface area contributed by atoms with Crippen molar-refractivity contribution in [3.8, 4) is 0 Å². The zero-order valence-electron chi connectivity index (χ0n) is 14.2. The Morgan fingerprint density at radius 2 is 2.08 bits per heavy atom. The summed E-state index contributed by atoms with van der Waals surface area (Å²) in [4.78, 5) is 18.9. The highest BCUT2D eigenvalue weighted by atomic mass is 16.5. The molecule has 0 bridgehead atoms. The van der Waals surface area contributed by atoms with Gasteiger partial charge in [0.1, 0.15) is 0 Å². The predicted octanol–water partition coefficient (Wildman–Crippen LogP) is 1.98. The summed E-state index contributed by atoms with van der Waals surface area (Å²) in [5, 5.41) is 3.29. The minimum absolute atomic E-state index is 0.122. The van der Waals surface area contributed by atoms with Crippen molar-refractivity contribution in [1.82, 2.24) is 15.2 Å². The van der Waals surface area contributed by atoms with Crippen molar-refractivity contribution in [2.24, 2.45) is 11.8 Å². The summed E-state index contributed by atoms with van der Waals surface area (Å²) in [5.41, 5.74) is 1.28. The predicted molar refractivity (Wildman–Crippen MR) is 91.2 cm³/mol. The molecule has 0 spiro atoms. The Morgan fingerprint density at radius 1 is 1.25 bits per heavy atom. The SMILES string of the molecule is O=C(CC1CC1)N[C@@H]1CN(Cc2ccncc2)C[C@@H]2CCCO[C@@H]21. The van der Waals surface area contributed by atoms with E-state index < -0.39 is 0 Å². The molecule has 0 unspecified atom stereocenters. The van der Waals surface area contributed by atoms with Crippen LogP contribution in [0.5, 0.6) is 0 Å². The lowest BCUT2D eigenvalue weighted by Crippen LogP contribution is -2.60. The molecule has 24 heavy (non-hydrogen) atoms. The lowest BCUT2D eigenvalue weighted by atomic mass is 9.85. The van der Waals surface area contributed by atoms with Gasteiger partial charge in [-0.25, -0.2) is 0 Å². The standard InChI is InChI=1S/C19H27N3O2/c23-18(10-14-3-4-14)21-17-13-22(11-15-5-7-20-8-6-15)12-16-2-1-9-24-19(16)17/h5-8,14,16-17,19H,1-4,9-13H2,(H,21,23)/t16-,17+,19-/m0/s1. The summed E-state index contributed by atoms with van der Waals surface area (Å²) in [7, 11) is 0. The Labute approximate surface area is 143 Å². The number of hydrogen-bond acceptors (Lipinski definition) is 4.